The number of hydrogen-bond donors (Lipinski definition) is 2. The average molecular weight is 312 g/mol. The van der Waals surface area contributed by atoms with E-state index in [2.05, 4.69) is 17.1 Å². The molecule has 0 spiro atoms. The molecule has 1 aromatic carbocycles. The Kier molecular flexibility index (Phi) is 4.69. The standard InChI is InChI=1S/C14H18ClN3O3/c1-9-8-18(4-3-17(9)2)14(21)16-12-6-10(13(19)20)5-11(15)7-12/h5-7,9H,3-4,8H2,1-2H3,(H,16,21)(H,19,20). The molecule has 1 aromatic rings. The van der Waals surface area contributed by atoms with Crippen molar-refractivity contribution in [3.05, 3.63) is 28.8 Å². The predicted molar refractivity (Wildman–Crippen MR) is 81.1 cm³/mol. The van der Waals surface area contributed by atoms with E-state index in [9.17, 15) is 9.59 Å². The molecule has 1 atom stereocenters. The number of carboxylic acids is 1. The zero-order valence-corrected chi connectivity index (χ0v) is 12.7. The van der Waals surface area contributed by atoms with Crippen molar-refractivity contribution < 1.29 is 14.7 Å². The molecule has 2 rings (SSSR count). The molecule has 0 saturated carbocycles. The van der Waals surface area contributed by atoms with E-state index in [0.29, 0.717) is 24.8 Å². The number of nitrogens with one attached hydrogen (secondary N) is 1. The van der Waals surface area contributed by atoms with Crippen molar-refractivity contribution in [1.29, 1.82) is 0 Å². The van der Waals surface area contributed by atoms with Gasteiger partial charge in [0.05, 0.1) is 5.56 Å². The molecule has 1 fully saturated rings. The van der Waals surface area contributed by atoms with Crippen molar-refractivity contribution >= 4 is 29.3 Å². The summed E-state index contributed by atoms with van der Waals surface area (Å²) >= 11 is 5.87. The van der Waals surface area contributed by atoms with Gasteiger partial charge in [-0.2, -0.15) is 0 Å². The van der Waals surface area contributed by atoms with E-state index >= 15 is 0 Å². The van der Waals surface area contributed by atoms with Crippen LogP contribution in [0.15, 0.2) is 18.2 Å². The van der Waals surface area contributed by atoms with Crippen LogP contribution < -0.4 is 5.32 Å². The molecule has 6 nitrogen and oxygen atoms in total. The Labute approximate surface area is 128 Å². The van der Waals surface area contributed by atoms with Crippen LogP contribution >= 0.6 is 11.6 Å². The Morgan fingerprint density at radius 1 is 1.33 bits per heavy atom. The largest absolute Gasteiger partial charge is 0.478 e. The number of piperazine rings is 1. The van der Waals surface area contributed by atoms with Gasteiger partial charge in [0.2, 0.25) is 0 Å². The van der Waals surface area contributed by atoms with Crippen LogP contribution in [0.25, 0.3) is 0 Å². The van der Waals surface area contributed by atoms with Gasteiger partial charge in [-0.3, -0.25) is 0 Å². The lowest BCUT2D eigenvalue weighted by Crippen LogP contribution is -2.53. The molecule has 2 N–H and O–H groups in total. The number of benzene rings is 1. The maximum absolute atomic E-state index is 12.2. The lowest BCUT2D eigenvalue weighted by atomic mass is 10.2. The number of halogens is 1. The van der Waals surface area contributed by atoms with Gasteiger partial charge in [0, 0.05) is 36.4 Å². The van der Waals surface area contributed by atoms with Gasteiger partial charge in [-0.25, -0.2) is 9.59 Å². The summed E-state index contributed by atoms with van der Waals surface area (Å²) in [5.74, 6) is -1.08. The van der Waals surface area contributed by atoms with Crippen LogP contribution in [0.1, 0.15) is 17.3 Å². The summed E-state index contributed by atoms with van der Waals surface area (Å²) in [6.45, 7) is 4.14. The smallest absolute Gasteiger partial charge is 0.335 e. The number of anilines is 1. The van der Waals surface area contributed by atoms with Crippen LogP contribution in [0.4, 0.5) is 10.5 Å². The molecule has 21 heavy (non-hydrogen) atoms. The first-order chi connectivity index (χ1) is 9.86. The van der Waals surface area contributed by atoms with Crippen molar-refractivity contribution in [1.82, 2.24) is 9.80 Å². The van der Waals surface area contributed by atoms with Crippen LogP contribution in [-0.2, 0) is 0 Å². The molecule has 0 bridgehead atoms. The van der Waals surface area contributed by atoms with E-state index in [1.54, 1.807) is 4.90 Å². The summed E-state index contributed by atoms with van der Waals surface area (Å²) in [6, 6.07) is 4.32. The van der Waals surface area contributed by atoms with Gasteiger partial charge >= 0.3 is 12.0 Å². The summed E-state index contributed by atoms with van der Waals surface area (Å²) < 4.78 is 0. The molecule has 1 aliphatic heterocycles. The minimum absolute atomic E-state index is 0.0459. The lowest BCUT2D eigenvalue weighted by Gasteiger charge is -2.37. The first kappa shape index (κ1) is 15.6. The van der Waals surface area contributed by atoms with Gasteiger partial charge < -0.3 is 20.2 Å². The van der Waals surface area contributed by atoms with Crippen LogP contribution in [-0.4, -0.2) is 59.6 Å². The van der Waals surface area contributed by atoms with Gasteiger partial charge in [0.25, 0.3) is 0 Å². The number of aromatic carboxylic acids is 1. The second kappa shape index (κ2) is 6.32. The molecule has 7 heteroatoms. The van der Waals surface area contributed by atoms with Crippen LogP contribution in [0.3, 0.4) is 0 Å². The fourth-order valence-corrected chi connectivity index (χ4v) is 2.46. The van der Waals surface area contributed by atoms with E-state index in [4.69, 9.17) is 16.7 Å². The Morgan fingerprint density at radius 3 is 2.67 bits per heavy atom. The molecule has 0 aromatic heterocycles. The summed E-state index contributed by atoms with van der Waals surface area (Å²) in [6.07, 6.45) is 0. The number of carboxylic acid groups (broad SMARTS) is 1. The first-order valence-electron chi connectivity index (χ1n) is 6.67. The number of urea groups is 1. The minimum atomic E-state index is -1.08. The van der Waals surface area contributed by atoms with Crippen LogP contribution in [0.2, 0.25) is 5.02 Å². The average Bonchev–Trinajstić information content (AvgIpc) is 2.41. The minimum Gasteiger partial charge on any atom is -0.478 e. The van der Waals surface area contributed by atoms with Gasteiger partial charge in [-0.05, 0) is 32.2 Å². The third-order valence-electron chi connectivity index (χ3n) is 3.64. The molecule has 0 radical (unpaired) electrons. The zero-order chi connectivity index (χ0) is 15.6. The van der Waals surface area contributed by atoms with Crippen molar-refractivity contribution in [3.63, 3.8) is 0 Å². The summed E-state index contributed by atoms with van der Waals surface area (Å²) in [7, 11) is 2.02. The Morgan fingerprint density at radius 2 is 2.05 bits per heavy atom. The summed E-state index contributed by atoms with van der Waals surface area (Å²) in [5, 5.41) is 12.0. The number of amides is 2. The number of carbonyl (C=O) groups excluding carboxylic acids is 1. The van der Waals surface area contributed by atoms with Gasteiger partial charge in [-0.15, -0.1) is 0 Å². The van der Waals surface area contributed by atoms with Gasteiger partial charge in [-0.1, -0.05) is 11.6 Å². The molecule has 0 aliphatic carbocycles. The van der Waals surface area contributed by atoms with E-state index < -0.39 is 5.97 Å². The molecule has 2 amide bonds. The Bertz CT molecular complexity index is 564. The molecule has 1 heterocycles. The fraction of sp³-hybridized carbons (Fsp3) is 0.429. The van der Waals surface area contributed by atoms with E-state index in [0.717, 1.165) is 6.54 Å². The fourth-order valence-electron chi connectivity index (χ4n) is 2.22. The van der Waals surface area contributed by atoms with Crippen LogP contribution in [0, 0.1) is 0 Å². The number of likely N-dealkylation sites (N-methyl/N-ethyl adjacent to an activating group) is 1. The maximum Gasteiger partial charge on any atom is 0.335 e. The van der Waals surface area contributed by atoms with E-state index in [1.807, 2.05) is 7.05 Å². The Hall–Kier alpha value is -1.79. The van der Waals surface area contributed by atoms with Crippen molar-refractivity contribution in [2.75, 3.05) is 32.0 Å². The zero-order valence-electron chi connectivity index (χ0n) is 12.0. The predicted octanol–water partition coefficient (Wildman–Crippen LogP) is 2.21. The topological polar surface area (TPSA) is 72.9 Å². The summed E-state index contributed by atoms with van der Waals surface area (Å²) in [5.41, 5.74) is 0.432. The van der Waals surface area contributed by atoms with Crippen molar-refractivity contribution in [3.8, 4) is 0 Å². The lowest BCUT2D eigenvalue weighted by molar-refractivity contribution is 0.0697. The highest BCUT2D eigenvalue weighted by atomic mass is 35.5. The molecular weight excluding hydrogens is 294 g/mol. The molecule has 1 unspecified atom stereocenters. The first-order valence-corrected chi connectivity index (χ1v) is 7.04. The van der Waals surface area contributed by atoms with Gasteiger partial charge in [0.15, 0.2) is 0 Å². The molecule has 114 valence electrons. The van der Waals surface area contributed by atoms with Gasteiger partial charge in [0.1, 0.15) is 0 Å². The molecular formula is C14H18ClN3O3. The SMILES string of the molecule is CC1CN(C(=O)Nc2cc(Cl)cc(C(=O)O)c2)CCN1C. The highest BCUT2D eigenvalue weighted by molar-refractivity contribution is 6.31. The number of nitrogens with zero attached hydrogens (tertiary/aromatic N) is 2. The molecule has 1 saturated heterocycles. The normalized spacial score (nSPS) is 19.4. The van der Waals surface area contributed by atoms with Crippen molar-refractivity contribution in [2.45, 2.75) is 13.0 Å². The third kappa shape index (κ3) is 3.86. The quantitative estimate of drug-likeness (QED) is 0.878. The van der Waals surface area contributed by atoms with Crippen LogP contribution in [0.5, 0.6) is 0 Å². The van der Waals surface area contributed by atoms with E-state index in [1.165, 1.54) is 18.2 Å². The number of rotatable bonds is 2. The number of hydrogen-bond acceptors (Lipinski definition) is 3. The number of carbonyl (C=O) groups is 2. The second-order valence-corrected chi connectivity index (χ2v) is 5.68. The second-order valence-electron chi connectivity index (χ2n) is 5.24. The maximum atomic E-state index is 12.2. The highest BCUT2D eigenvalue weighted by Crippen LogP contribution is 2.20. The van der Waals surface area contributed by atoms with E-state index in [-0.39, 0.29) is 16.6 Å². The monoisotopic (exact) mass is 311 g/mol. The highest BCUT2D eigenvalue weighted by Gasteiger charge is 2.24. The van der Waals surface area contributed by atoms with Crippen molar-refractivity contribution in [2.24, 2.45) is 0 Å². The summed E-state index contributed by atoms with van der Waals surface area (Å²) in [4.78, 5) is 27.1. The molecule has 1 aliphatic rings. The Balaban J connectivity index is 2.07. The third-order valence-corrected chi connectivity index (χ3v) is 3.86.